The number of hydrogen-bond donors (Lipinski definition) is 0. The maximum atomic E-state index is 12.6. The third kappa shape index (κ3) is 5.71. The summed E-state index contributed by atoms with van der Waals surface area (Å²) in [6, 6.07) is 5.43. The van der Waals surface area contributed by atoms with Gasteiger partial charge in [-0.15, -0.1) is 0 Å². The average Bonchev–Trinajstić information content (AvgIpc) is 2.88. The van der Waals surface area contributed by atoms with Crippen LogP contribution in [0.1, 0.15) is 32.8 Å². The number of carbonyl (C=O) groups is 2. The van der Waals surface area contributed by atoms with E-state index in [4.69, 9.17) is 26.4 Å². The van der Waals surface area contributed by atoms with Crippen molar-refractivity contribution in [3.05, 3.63) is 28.7 Å². The van der Waals surface area contributed by atoms with Gasteiger partial charge in [0.2, 0.25) is 0 Å². The summed E-state index contributed by atoms with van der Waals surface area (Å²) in [5, 5.41) is 0. The molecular formula is C19H23NO5S2. The second-order valence-corrected chi connectivity index (χ2v) is 7.74. The monoisotopic (exact) mass is 409 g/mol. The number of amides is 1. The molecule has 0 unspecified atom stereocenters. The number of ether oxygens (including phenoxy) is 3. The van der Waals surface area contributed by atoms with E-state index in [2.05, 4.69) is 0 Å². The van der Waals surface area contributed by atoms with Crippen LogP contribution in [-0.2, 0) is 14.3 Å². The molecule has 1 aliphatic heterocycles. The van der Waals surface area contributed by atoms with E-state index in [1.165, 1.54) is 4.90 Å². The molecule has 6 nitrogen and oxygen atoms in total. The highest BCUT2D eigenvalue weighted by Gasteiger charge is 2.33. The van der Waals surface area contributed by atoms with Crippen molar-refractivity contribution in [2.75, 3.05) is 20.3 Å². The van der Waals surface area contributed by atoms with Crippen LogP contribution in [0.2, 0.25) is 0 Å². The molecule has 1 aliphatic rings. The van der Waals surface area contributed by atoms with Crippen LogP contribution >= 0.6 is 24.0 Å². The van der Waals surface area contributed by atoms with Gasteiger partial charge in [0.25, 0.3) is 5.91 Å². The zero-order valence-corrected chi connectivity index (χ0v) is 17.4. The summed E-state index contributed by atoms with van der Waals surface area (Å²) in [5.41, 5.74) is 0.775. The standard InChI is InChI=1S/C19H23NO5S2/c1-5-8-24-17(21)11-20-18(22)16(27-19(20)26)10-13-6-7-14(25-12(2)3)15(9-13)23-4/h6-7,9-10,12H,5,8,11H2,1-4H3/b16-10-. The zero-order chi connectivity index (χ0) is 20.0. The third-order valence-electron chi connectivity index (χ3n) is 3.48. The molecule has 0 bridgehead atoms. The summed E-state index contributed by atoms with van der Waals surface area (Å²) in [6.45, 7) is 5.93. The summed E-state index contributed by atoms with van der Waals surface area (Å²) in [6.07, 6.45) is 2.47. The van der Waals surface area contributed by atoms with Crippen LogP contribution in [-0.4, -0.2) is 47.5 Å². The Morgan fingerprint density at radius 2 is 2.07 bits per heavy atom. The predicted molar refractivity (Wildman–Crippen MR) is 110 cm³/mol. The molecule has 1 aromatic rings. The van der Waals surface area contributed by atoms with Gasteiger partial charge in [-0.25, -0.2) is 0 Å². The van der Waals surface area contributed by atoms with Gasteiger partial charge in [0.1, 0.15) is 10.9 Å². The zero-order valence-electron chi connectivity index (χ0n) is 15.8. The van der Waals surface area contributed by atoms with Gasteiger partial charge in [-0.2, -0.15) is 0 Å². The first-order valence-corrected chi connectivity index (χ1v) is 9.83. The van der Waals surface area contributed by atoms with Crippen molar-refractivity contribution in [1.29, 1.82) is 0 Å². The Morgan fingerprint density at radius 3 is 2.70 bits per heavy atom. The van der Waals surface area contributed by atoms with E-state index < -0.39 is 5.97 Å². The summed E-state index contributed by atoms with van der Waals surface area (Å²) >= 11 is 6.39. The maximum Gasteiger partial charge on any atom is 0.326 e. The largest absolute Gasteiger partial charge is 0.493 e. The number of esters is 1. The molecular weight excluding hydrogens is 386 g/mol. The number of carbonyl (C=O) groups excluding carboxylic acids is 2. The van der Waals surface area contributed by atoms with Crippen molar-refractivity contribution < 1.29 is 23.8 Å². The Kier molecular flexibility index (Phi) is 7.67. The van der Waals surface area contributed by atoms with Gasteiger partial charge >= 0.3 is 5.97 Å². The van der Waals surface area contributed by atoms with E-state index in [0.29, 0.717) is 27.3 Å². The molecule has 1 aromatic carbocycles. The van der Waals surface area contributed by atoms with E-state index in [1.807, 2.05) is 26.8 Å². The lowest BCUT2D eigenvalue weighted by molar-refractivity contribution is -0.146. The Hall–Kier alpha value is -2.06. The Morgan fingerprint density at radius 1 is 1.33 bits per heavy atom. The molecule has 1 amide bonds. The number of benzene rings is 1. The van der Waals surface area contributed by atoms with Gasteiger partial charge in [-0.05, 0) is 44.0 Å². The van der Waals surface area contributed by atoms with Crippen molar-refractivity contribution in [3.8, 4) is 11.5 Å². The van der Waals surface area contributed by atoms with Crippen molar-refractivity contribution in [3.63, 3.8) is 0 Å². The minimum Gasteiger partial charge on any atom is -0.493 e. The van der Waals surface area contributed by atoms with Crippen LogP contribution in [0.3, 0.4) is 0 Å². The first-order chi connectivity index (χ1) is 12.8. The number of thiocarbonyl (C=S) groups is 1. The van der Waals surface area contributed by atoms with E-state index in [9.17, 15) is 9.59 Å². The van der Waals surface area contributed by atoms with Gasteiger partial charge in [0.05, 0.1) is 24.7 Å². The smallest absolute Gasteiger partial charge is 0.326 e. The second kappa shape index (κ2) is 9.75. The SMILES string of the molecule is CCCOC(=O)CN1C(=O)/C(=C/c2ccc(OC(C)C)c(OC)c2)SC1=S. The molecule has 1 heterocycles. The van der Waals surface area contributed by atoms with Crippen molar-refractivity contribution >= 4 is 46.3 Å². The van der Waals surface area contributed by atoms with Crippen molar-refractivity contribution in [2.45, 2.75) is 33.3 Å². The van der Waals surface area contributed by atoms with E-state index in [-0.39, 0.29) is 18.6 Å². The number of thioether (sulfide) groups is 1. The summed E-state index contributed by atoms with van der Waals surface area (Å²) < 4.78 is 16.4. The van der Waals surface area contributed by atoms with E-state index >= 15 is 0 Å². The molecule has 0 aromatic heterocycles. The molecule has 0 atom stereocenters. The van der Waals surface area contributed by atoms with Gasteiger partial charge in [0.15, 0.2) is 11.5 Å². The number of rotatable bonds is 8. The van der Waals surface area contributed by atoms with Gasteiger partial charge in [-0.1, -0.05) is 37.0 Å². The quantitative estimate of drug-likeness (QED) is 0.369. The summed E-state index contributed by atoms with van der Waals surface area (Å²) in [4.78, 5) is 26.1. The minimum absolute atomic E-state index is 0.0217. The molecule has 1 saturated heterocycles. The Labute approximate surface area is 168 Å². The van der Waals surface area contributed by atoms with E-state index in [1.54, 1.807) is 25.3 Å². The summed E-state index contributed by atoms with van der Waals surface area (Å²) in [5.74, 6) is 0.443. The number of nitrogens with zero attached hydrogens (tertiary/aromatic N) is 1. The highest BCUT2D eigenvalue weighted by Crippen LogP contribution is 2.35. The Balaban J connectivity index is 2.16. The molecule has 8 heteroatoms. The molecule has 146 valence electrons. The lowest BCUT2D eigenvalue weighted by Gasteiger charge is -2.14. The maximum absolute atomic E-state index is 12.6. The highest BCUT2D eigenvalue weighted by molar-refractivity contribution is 8.26. The van der Waals surface area contributed by atoms with Crippen molar-refractivity contribution in [2.24, 2.45) is 0 Å². The fourth-order valence-corrected chi connectivity index (χ4v) is 3.56. The fourth-order valence-electron chi connectivity index (χ4n) is 2.30. The Bertz CT molecular complexity index is 760. The van der Waals surface area contributed by atoms with Gasteiger partial charge < -0.3 is 14.2 Å². The topological polar surface area (TPSA) is 65.1 Å². The van der Waals surface area contributed by atoms with Gasteiger partial charge in [0, 0.05) is 0 Å². The minimum atomic E-state index is -0.466. The normalized spacial score (nSPS) is 15.6. The van der Waals surface area contributed by atoms with Crippen LogP contribution < -0.4 is 9.47 Å². The molecule has 27 heavy (non-hydrogen) atoms. The summed E-state index contributed by atoms with van der Waals surface area (Å²) in [7, 11) is 1.56. The third-order valence-corrected chi connectivity index (χ3v) is 4.85. The fraction of sp³-hybridized carbons (Fsp3) is 0.421. The van der Waals surface area contributed by atoms with Crippen LogP contribution in [0.25, 0.3) is 6.08 Å². The van der Waals surface area contributed by atoms with E-state index in [0.717, 1.165) is 23.7 Å². The highest BCUT2D eigenvalue weighted by atomic mass is 32.2. The molecule has 0 N–H and O–H groups in total. The van der Waals surface area contributed by atoms with Crippen molar-refractivity contribution in [1.82, 2.24) is 4.90 Å². The van der Waals surface area contributed by atoms with Crippen LogP contribution in [0.4, 0.5) is 0 Å². The molecule has 0 radical (unpaired) electrons. The first kappa shape index (κ1) is 21.2. The lowest BCUT2D eigenvalue weighted by Crippen LogP contribution is -2.34. The average molecular weight is 410 g/mol. The predicted octanol–water partition coefficient (Wildman–Crippen LogP) is 3.64. The van der Waals surface area contributed by atoms with Crippen LogP contribution in [0, 0.1) is 0 Å². The molecule has 0 aliphatic carbocycles. The molecule has 2 rings (SSSR count). The van der Waals surface area contributed by atoms with Gasteiger partial charge in [-0.3, -0.25) is 14.5 Å². The molecule has 0 spiro atoms. The number of methoxy groups -OCH3 is 1. The molecule has 0 saturated carbocycles. The number of hydrogen-bond acceptors (Lipinski definition) is 7. The second-order valence-electron chi connectivity index (χ2n) is 6.07. The van der Waals surface area contributed by atoms with Crippen LogP contribution in [0.5, 0.6) is 11.5 Å². The molecule has 1 fully saturated rings. The lowest BCUT2D eigenvalue weighted by atomic mass is 10.2. The first-order valence-electron chi connectivity index (χ1n) is 8.61. The van der Waals surface area contributed by atoms with Crippen LogP contribution in [0.15, 0.2) is 23.1 Å².